The van der Waals surface area contributed by atoms with Crippen LogP contribution in [0.4, 0.5) is 0 Å². The molecule has 1 aromatic heterocycles. The maximum Gasteiger partial charge on any atom is 0.272 e. The van der Waals surface area contributed by atoms with Crippen LogP contribution in [-0.4, -0.2) is 35.4 Å². The van der Waals surface area contributed by atoms with Gasteiger partial charge in [0.2, 0.25) is 0 Å². The second-order valence-corrected chi connectivity index (χ2v) is 5.52. The first-order valence-electron chi connectivity index (χ1n) is 6.27. The molecule has 2 N–H and O–H groups in total. The van der Waals surface area contributed by atoms with E-state index >= 15 is 0 Å². The van der Waals surface area contributed by atoms with E-state index < -0.39 is 0 Å². The zero-order chi connectivity index (χ0) is 13.2. The first kappa shape index (κ1) is 12.6. The highest BCUT2D eigenvalue weighted by molar-refractivity contribution is 9.10. The summed E-state index contributed by atoms with van der Waals surface area (Å²) >= 11 is 3.40. The zero-order valence-electron chi connectivity index (χ0n) is 10.3. The zero-order valence-corrected chi connectivity index (χ0v) is 11.9. The van der Waals surface area contributed by atoms with Crippen LogP contribution in [0, 0.1) is 0 Å². The minimum Gasteiger partial charge on any atom is -0.376 e. The Kier molecular flexibility index (Phi) is 3.52. The monoisotopic (exact) mass is 323 g/mol. The summed E-state index contributed by atoms with van der Waals surface area (Å²) in [5.74, 6) is -0.167. The molecule has 1 aliphatic rings. The van der Waals surface area contributed by atoms with E-state index in [2.05, 4.69) is 31.4 Å². The van der Waals surface area contributed by atoms with Gasteiger partial charge in [0, 0.05) is 23.0 Å². The van der Waals surface area contributed by atoms with Gasteiger partial charge in [-0.3, -0.25) is 9.89 Å². The topological polar surface area (TPSA) is 67.0 Å². The van der Waals surface area contributed by atoms with E-state index in [1.54, 1.807) is 0 Å². The summed E-state index contributed by atoms with van der Waals surface area (Å²) in [5.41, 5.74) is 1.28. The number of ether oxygens (including phenoxy) is 1. The molecule has 0 saturated carbocycles. The number of benzene rings is 1. The number of amides is 1. The standard InChI is InChI=1S/C13H14BrN3O2/c14-8-3-4-11-10(6-8)12(17-16-11)13(18)15-7-9-2-1-5-19-9/h3-4,6,9H,1-2,5,7H2,(H,15,18)(H,16,17)/t9-/m1/s1. The fourth-order valence-corrected chi connectivity index (χ4v) is 2.62. The van der Waals surface area contributed by atoms with Gasteiger partial charge in [-0.25, -0.2) is 0 Å². The Bertz CT molecular complexity index is 605. The van der Waals surface area contributed by atoms with Crippen molar-refractivity contribution < 1.29 is 9.53 Å². The van der Waals surface area contributed by atoms with Gasteiger partial charge >= 0.3 is 0 Å². The maximum atomic E-state index is 12.1. The van der Waals surface area contributed by atoms with E-state index in [0.717, 1.165) is 34.8 Å². The molecule has 0 aliphatic carbocycles. The van der Waals surface area contributed by atoms with Crippen LogP contribution in [0.1, 0.15) is 23.3 Å². The minimum absolute atomic E-state index is 0.140. The molecule has 6 heteroatoms. The fourth-order valence-electron chi connectivity index (χ4n) is 2.25. The number of hydrogen-bond donors (Lipinski definition) is 2. The Morgan fingerprint density at radius 1 is 1.58 bits per heavy atom. The molecule has 1 amide bonds. The molecule has 1 aliphatic heterocycles. The molecule has 1 aromatic carbocycles. The lowest BCUT2D eigenvalue weighted by Gasteiger charge is -2.09. The van der Waals surface area contributed by atoms with Crippen molar-refractivity contribution in [1.29, 1.82) is 0 Å². The van der Waals surface area contributed by atoms with Crippen molar-refractivity contribution >= 4 is 32.7 Å². The molecular weight excluding hydrogens is 310 g/mol. The van der Waals surface area contributed by atoms with E-state index in [-0.39, 0.29) is 12.0 Å². The SMILES string of the molecule is O=C(NC[C@H]1CCCO1)c1n[nH]c2ccc(Br)cc12. The molecule has 19 heavy (non-hydrogen) atoms. The summed E-state index contributed by atoms with van der Waals surface area (Å²) in [5, 5.41) is 10.6. The van der Waals surface area contributed by atoms with E-state index in [4.69, 9.17) is 4.74 Å². The van der Waals surface area contributed by atoms with Crippen LogP contribution in [0.15, 0.2) is 22.7 Å². The van der Waals surface area contributed by atoms with Gasteiger partial charge in [-0.2, -0.15) is 5.10 Å². The van der Waals surface area contributed by atoms with Crippen molar-refractivity contribution in [3.8, 4) is 0 Å². The summed E-state index contributed by atoms with van der Waals surface area (Å²) in [7, 11) is 0. The van der Waals surface area contributed by atoms with Crippen LogP contribution < -0.4 is 5.32 Å². The summed E-state index contributed by atoms with van der Waals surface area (Å²) in [6.07, 6.45) is 2.22. The number of carbonyl (C=O) groups is 1. The van der Waals surface area contributed by atoms with Crippen molar-refractivity contribution in [2.75, 3.05) is 13.2 Å². The molecule has 0 bridgehead atoms. The maximum absolute atomic E-state index is 12.1. The summed E-state index contributed by atoms with van der Waals surface area (Å²) < 4.78 is 6.40. The Morgan fingerprint density at radius 2 is 2.47 bits per heavy atom. The third kappa shape index (κ3) is 2.64. The Labute approximate surface area is 118 Å². The minimum atomic E-state index is -0.167. The third-order valence-electron chi connectivity index (χ3n) is 3.25. The van der Waals surface area contributed by atoms with Crippen LogP contribution in [-0.2, 0) is 4.74 Å². The number of nitrogens with one attached hydrogen (secondary N) is 2. The molecular formula is C13H14BrN3O2. The van der Waals surface area contributed by atoms with Crippen LogP contribution in [0.3, 0.4) is 0 Å². The highest BCUT2D eigenvalue weighted by Crippen LogP contribution is 2.21. The molecule has 1 saturated heterocycles. The molecule has 1 atom stereocenters. The number of H-pyrrole nitrogens is 1. The van der Waals surface area contributed by atoms with E-state index in [1.165, 1.54) is 0 Å². The predicted molar refractivity (Wildman–Crippen MR) is 75.1 cm³/mol. The number of carbonyl (C=O) groups excluding carboxylic acids is 1. The van der Waals surface area contributed by atoms with Crippen molar-refractivity contribution in [2.24, 2.45) is 0 Å². The Morgan fingerprint density at radius 3 is 3.26 bits per heavy atom. The highest BCUT2D eigenvalue weighted by atomic mass is 79.9. The average Bonchev–Trinajstić information content (AvgIpc) is 3.04. The number of aromatic amines is 1. The Balaban J connectivity index is 1.75. The van der Waals surface area contributed by atoms with Crippen molar-refractivity contribution in [2.45, 2.75) is 18.9 Å². The summed E-state index contributed by atoms with van der Waals surface area (Å²) in [6.45, 7) is 1.33. The van der Waals surface area contributed by atoms with Gasteiger partial charge in [-0.05, 0) is 31.0 Å². The van der Waals surface area contributed by atoms with Gasteiger partial charge in [0.1, 0.15) is 0 Å². The fraction of sp³-hybridized carbons (Fsp3) is 0.385. The molecule has 1 fully saturated rings. The highest BCUT2D eigenvalue weighted by Gasteiger charge is 2.19. The lowest BCUT2D eigenvalue weighted by molar-refractivity contribution is 0.0855. The smallest absolute Gasteiger partial charge is 0.272 e. The normalized spacial score (nSPS) is 18.9. The van der Waals surface area contributed by atoms with Gasteiger partial charge in [0.25, 0.3) is 5.91 Å². The lowest BCUT2D eigenvalue weighted by atomic mass is 10.2. The predicted octanol–water partition coefficient (Wildman–Crippen LogP) is 2.23. The van der Waals surface area contributed by atoms with Crippen molar-refractivity contribution in [3.63, 3.8) is 0 Å². The van der Waals surface area contributed by atoms with Gasteiger partial charge < -0.3 is 10.1 Å². The molecule has 5 nitrogen and oxygen atoms in total. The van der Waals surface area contributed by atoms with Gasteiger partial charge in [-0.15, -0.1) is 0 Å². The van der Waals surface area contributed by atoms with Gasteiger partial charge in [0.05, 0.1) is 11.6 Å². The Hall–Kier alpha value is -1.40. The first-order valence-corrected chi connectivity index (χ1v) is 7.07. The van der Waals surface area contributed by atoms with E-state index in [0.29, 0.717) is 12.2 Å². The largest absolute Gasteiger partial charge is 0.376 e. The van der Waals surface area contributed by atoms with Crippen LogP contribution in [0.25, 0.3) is 10.9 Å². The number of halogens is 1. The number of rotatable bonds is 3. The van der Waals surface area contributed by atoms with E-state index in [1.807, 2.05) is 18.2 Å². The van der Waals surface area contributed by atoms with Crippen LogP contribution in [0.5, 0.6) is 0 Å². The van der Waals surface area contributed by atoms with E-state index in [9.17, 15) is 4.79 Å². The number of fused-ring (bicyclic) bond motifs is 1. The second-order valence-electron chi connectivity index (χ2n) is 4.61. The number of aromatic nitrogens is 2. The quantitative estimate of drug-likeness (QED) is 0.910. The van der Waals surface area contributed by atoms with Crippen molar-refractivity contribution in [1.82, 2.24) is 15.5 Å². The van der Waals surface area contributed by atoms with Gasteiger partial charge in [-0.1, -0.05) is 15.9 Å². The molecule has 2 aromatic rings. The summed E-state index contributed by atoms with van der Waals surface area (Å²) in [4.78, 5) is 12.1. The molecule has 100 valence electrons. The third-order valence-corrected chi connectivity index (χ3v) is 3.75. The molecule has 2 heterocycles. The van der Waals surface area contributed by atoms with Crippen molar-refractivity contribution in [3.05, 3.63) is 28.4 Å². The molecule has 3 rings (SSSR count). The van der Waals surface area contributed by atoms with Crippen LogP contribution in [0.2, 0.25) is 0 Å². The molecule has 0 radical (unpaired) electrons. The second kappa shape index (κ2) is 5.30. The average molecular weight is 324 g/mol. The van der Waals surface area contributed by atoms with Gasteiger partial charge in [0.15, 0.2) is 5.69 Å². The number of nitrogens with zero attached hydrogens (tertiary/aromatic N) is 1. The molecule has 0 spiro atoms. The molecule has 0 unspecified atom stereocenters. The summed E-state index contributed by atoms with van der Waals surface area (Å²) in [6, 6.07) is 5.69. The lowest BCUT2D eigenvalue weighted by Crippen LogP contribution is -2.32. The first-order chi connectivity index (χ1) is 9.24. The van der Waals surface area contributed by atoms with Crippen LogP contribution >= 0.6 is 15.9 Å². The number of hydrogen-bond acceptors (Lipinski definition) is 3.